The molecule has 6 nitrogen and oxygen atoms in total. The molecule has 8 heteroatoms. The van der Waals surface area contributed by atoms with Crippen molar-refractivity contribution in [2.24, 2.45) is 0 Å². The van der Waals surface area contributed by atoms with E-state index in [1.54, 1.807) is 38.1 Å². The lowest BCUT2D eigenvalue weighted by atomic mass is 10.1. The molecule has 0 unspecified atom stereocenters. The second kappa shape index (κ2) is 11.5. The summed E-state index contributed by atoms with van der Waals surface area (Å²) in [6.07, 6.45) is -0.175. The quantitative estimate of drug-likeness (QED) is 0.398. The standard InChI is InChI=1S/C23H26N2O4S2/c1-24(22(30)16-5-9-20(28-3)10-6-16)14-18(26)13-19(27)15-25(2)23(31)17-7-11-21(29-4)12-8-17/h5-12H,13-15H2,1-4H3. The zero-order valence-electron chi connectivity index (χ0n) is 18.1. The van der Waals surface area contributed by atoms with Gasteiger partial charge in [-0.25, -0.2) is 0 Å². The molecule has 2 aromatic rings. The number of hydrogen-bond donors (Lipinski definition) is 0. The van der Waals surface area contributed by atoms with Crippen LogP contribution in [0.5, 0.6) is 11.5 Å². The molecule has 0 atom stereocenters. The van der Waals surface area contributed by atoms with Gasteiger partial charge in [0.25, 0.3) is 0 Å². The number of carbonyl (C=O) groups excluding carboxylic acids is 2. The predicted octanol–water partition coefficient (Wildman–Crippen LogP) is 3.15. The summed E-state index contributed by atoms with van der Waals surface area (Å²) in [4.78, 5) is 29.2. The minimum atomic E-state index is -0.202. The molecule has 0 N–H and O–H groups in total. The van der Waals surface area contributed by atoms with Crippen molar-refractivity contribution in [3.8, 4) is 11.5 Å². The lowest BCUT2D eigenvalue weighted by molar-refractivity contribution is -0.127. The topological polar surface area (TPSA) is 59.1 Å². The Balaban J connectivity index is 1.85. The van der Waals surface area contributed by atoms with Crippen molar-refractivity contribution < 1.29 is 19.1 Å². The third-order valence-electron chi connectivity index (χ3n) is 4.59. The third kappa shape index (κ3) is 7.11. The molecule has 0 aromatic heterocycles. The minimum Gasteiger partial charge on any atom is -0.497 e. The number of carbonyl (C=O) groups is 2. The van der Waals surface area contributed by atoms with Crippen molar-refractivity contribution in [2.45, 2.75) is 6.42 Å². The smallest absolute Gasteiger partial charge is 0.159 e. The third-order valence-corrected chi connectivity index (χ3v) is 5.68. The maximum atomic E-state index is 12.4. The first-order chi connectivity index (χ1) is 14.7. The summed E-state index contributed by atoms with van der Waals surface area (Å²) in [7, 11) is 6.66. The maximum Gasteiger partial charge on any atom is 0.159 e. The van der Waals surface area contributed by atoms with E-state index < -0.39 is 0 Å². The fraction of sp³-hybridized carbons (Fsp3) is 0.304. The molecule has 0 aliphatic rings. The molecule has 0 amide bonds. The molecule has 0 fully saturated rings. The molecule has 0 radical (unpaired) electrons. The highest BCUT2D eigenvalue weighted by molar-refractivity contribution is 7.80. The highest BCUT2D eigenvalue weighted by Gasteiger charge is 2.17. The van der Waals surface area contributed by atoms with Crippen LogP contribution in [-0.2, 0) is 9.59 Å². The summed E-state index contributed by atoms with van der Waals surface area (Å²) >= 11 is 10.9. The first-order valence-corrected chi connectivity index (χ1v) is 10.4. The SMILES string of the molecule is COc1ccc(C(=S)N(C)CC(=O)CC(=O)CN(C)C(=S)c2ccc(OC)cc2)cc1. The summed E-state index contributed by atoms with van der Waals surface area (Å²) in [5.74, 6) is 1.05. The molecule has 2 aromatic carbocycles. The van der Waals surface area contributed by atoms with E-state index in [1.165, 1.54) is 0 Å². The summed E-state index contributed by atoms with van der Waals surface area (Å²) in [6, 6.07) is 14.6. The van der Waals surface area contributed by atoms with Gasteiger partial charge in [0.2, 0.25) is 0 Å². The zero-order chi connectivity index (χ0) is 23.0. The summed E-state index contributed by atoms with van der Waals surface area (Å²) in [5.41, 5.74) is 1.61. The van der Waals surface area contributed by atoms with E-state index in [2.05, 4.69) is 0 Å². The van der Waals surface area contributed by atoms with E-state index >= 15 is 0 Å². The van der Waals surface area contributed by atoms with Gasteiger partial charge in [0.1, 0.15) is 21.5 Å². The normalized spacial score (nSPS) is 10.2. The lowest BCUT2D eigenvalue weighted by Gasteiger charge is -2.21. The summed E-state index contributed by atoms with van der Waals surface area (Å²) in [6.45, 7) is 0.118. The van der Waals surface area contributed by atoms with Gasteiger partial charge in [0.05, 0.1) is 33.7 Å². The molecular formula is C23H26N2O4S2. The van der Waals surface area contributed by atoms with Gasteiger partial charge in [-0.05, 0) is 48.5 Å². The Bertz CT molecular complexity index is 866. The first-order valence-electron chi connectivity index (χ1n) is 9.57. The molecular weight excluding hydrogens is 432 g/mol. The van der Waals surface area contributed by atoms with Crippen LogP contribution in [0.2, 0.25) is 0 Å². The van der Waals surface area contributed by atoms with Crippen LogP contribution in [-0.4, -0.2) is 72.7 Å². The molecule has 31 heavy (non-hydrogen) atoms. The van der Waals surface area contributed by atoms with Gasteiger partial charge in [-0.3, -0.25) is 9.59 Å². The highest BCUT2D eigenvalue weighted by Crippen LogP contribution is 2.14. The van der Waals surface area contributed by atoms with Crippen molar-refractivity contribution in [3.05, 3.63) is 59.7 Å². The Morgan fingerprint density at radius 1 is 0.710 bits per heavy atom. The van der Waals surface area contributed by atoms with Crippen LogP contribution in [0.4, 0.5) is 0 Å². The maximum absolute atomic E-state index is 12.4. The molecule has 0 aliphatic heterocycles. The molecule has 0 bridgehead atoms. The molecule has 0 spiro atoms. The molecule has 164 valence electrons. The van der Waals surface area contributed by atoms with Crippen LogP contribution in [0.3, 0.4) is 0 Å². The zero-order valence-corrected chi connectivity index (χ0v) is 19.7. The number of Topliss-reactive ketones (excluding diaryl/α,β-unsaturated/α-hetero) is 2. The van der Waals surface area contributed by atoms with E-state index in [-0.39, 0.29) is 31.1 Å². The molecule has 2 rings (SSSR count). The lowest BCUT2D eigenvalue weighted by Crippen LogP contribution is -2.35. The molecule has 0 saturated heterocycles. The number of ketones is 2. The van der Waals surface area contributed by atoms with Gasteiger partial charge in [-0.1, -0.05) is 24.4 Å². The van der Waals surface area contributed by atoms with Crippen LogP contribution < -0.4 is 9.47 Å². The van der Waals surface area contributed by atoms with Crippen LogP contribution >= 0.6 is 24.4 Å². The Kier molecular flexibility index (Phi) is 9.08. The number of benzene rings is 2. The molecule has 0 aliphatic carbocycles. The number of ether oxygens (including phenoxy) is 2. The van der Waals surface area contributed by atoms with Crippen molar-refractivity contribution in [1.82, 2.24) is 9.80 Å². The van der Waals surface area contributed by atoms with Crippen molar-refractivity contribution in [1.29, 1.82) is 0 Å². The van der Waals surface area contributed by atoms with Crippen LogP contribution in [0.25, 0.3) is 0 Å². The van der Waals surface area contributed by atoms with Crippen LogP contribution in [0.15, 0.2) is 48.5 Å². The van der Waals surface area contributed by atoms with Crippen LogP contribution in [0.1, 0.15) is 17.5 Å². The summed E-state index contributed by atoms with van der Waals surface area (Å²) < 4.78 is 10.3. The number of hydrogen-bond acceptors (Lipinski definition) is 6. The van der Waals surface area contributed by atoms with E-state index in [0.29, 0.717) is 9.98 Å². The molecule has 0 saturated carbocycles. The fourth-order valence-corrected chi connectivity index (χ4v) is 3.31. The van der Waals surface area contributed by atoms with Gasteiger partial charge in [0, 0.05) is 25.2 Å². The first kappa shape index (κ1) is 24.4. The van der Waals surface area contributed by atoms with Gasteiger partial charge in [0.15, 0.2) is 11.6 Å². The Hall–Kier alpha value is -2.84. The van der Waals surface area contributed by atoms with E-state index in [0.717, 1.165) is 22.6 Å². The number of rotatable bonds is 10. The number of nitrogens with zero attached hydrogens (tertiary/aromatic N) is 2. The van der Waals surface area contributed by atoms with Gasteiger partial charge in [-0.2, -0.15) is 0 Å². The van der Waals surface area contributed by atoms with Gasteiger partial charge >= 0.3 is 0 Å². The van der Waals surface area contributed by atoms with E-state index in [1.807, 2.05) is 48.5 Å². The fourth-order valence-electron chi connectivity index (χ4n) is 2.91. The summed E-state index contributed by atoms with van der Waals surface area (Å²) in [5, 5.41) is 0. The highest BCUT2D eigenvalue weighted by atomic mass is 32.1. The number of thiocarbonyl (C=S) groups is 2. The average molecular weight is 459 g/mol. The minimum absolute atomic E-state index is 0.0588. The number of likely N-dealkylation sites (N-methyl/N-ethyl adjacent to an activating group) is 2. The van der Waals surface area contributed by atoms with Gasteiger partial charge in [-0.15, -0.1) is 0 Å². The van der Waals surface area contributed by atoms with E-state index in [9.17, 15) is 9.59 Å². The van der Waals surface area contributed by atoms with Crippen molar-refractivity contribution in [3.63, 3.8) is 0 Å². The second-order valence-corrected chi connectivity index (χ2v) is 7.81. The second-order valence-electron chi connectivity index (χ2n) is 7.03. The average Bonchev–Trinajstić information content (AvgIpc) is 2.77. The largest absolute Gasteiger partial charge is 0.497 e. The van der Waals surface area contributed by atoms with Crippen molar-refractivity contribution in [2.75, 3.05) is 41.4 Å². The van der Waals surface area contributed by atoms with Gasteiger partial charge < -0.3 is 19.3 Å². The monoisotopic (exact) mass is 458 g/mol. The van der Waals surface area contributed by atoms with E-state index in [4.69, 9.17) is 33.9 Å². The Morgan fingerprint density at radius 2 is 1.03 bits per heavy atom. The van der Waals surface area contributed by atoms with Crippen molar-refractivity contribution >= 4 is 46.0 Å². The Labute approximate surface area is 193 Å². The predicted molar refractivity (Wildman–Crippen MR) is 129 cm³/mol. The Morgan fingerprint density at radius 3 is 1.32 bits per heavy atom. The molecule has 0 heterocycles. The van der Waals surface area contributed by atoms with Crippen LogP contribution in [0, 0.1) is 0 Å². The number of methoxy groups -OCH3 is 2.